The number of anilines is 3. The molecule has 0 fully saturated rings. The minimum Gasteiger partial charge on any atom is -0.309 e. The summed E-state index contributed by atoms with van der Waals surface area (Å²) in [5, 5.41) is 7.55. The Morgan fingerprint density at radius 1 is 0.308 bits per heavy atom. The Morgan fingerprint density at radius 2 is 0.827 bits per heavy atom. The highest BCUT2D eigenvalue weighted by Gasteiger charge is 2.21. The molecule has 0 bridgehead atoms. The topological polar surface area (TPSA) is 3.24 Å². The van der Waals surface area contributed by atoms with Crippen molar-refractivity contribution in [2.24, 2.45) is 0 Å². The number of hydrogen-bond acceptors (Lipinski definition) is 2. The lowest BCUT2D eigenvalue weighted by atomic mass is 9.93. The van der Waals surface area contributed by atoms with Gasteiger partial charge in [-0.15, -0.1) is 11.3 Å². The van der Waals surface area contributed by atoms with Gasteiger partial charge in [-0.1, -0.05) is 146 Å². The third kappa shape index (κ3) is 5.24. The van der Waals surface area contributed by atoms with Crippen LogP contribution in [0.5, 0.6) is 0 Å². The number of nitrogens with zero attached hydrogens (tertiary/aromatic N) is 1. The molecule has 10 aromatic rings. The van der Waals surface area contributed by atoms with Crippen molar-refractivity contribution in [3.8, 4) is 33.4 Å². The molecule has 10 rings (SSSR count). The first-order valence-electron chi connectivity index (χ1n) is 17.8. The number of rotatable bonds is 6. The molecular weight excluding hydrogens is 647 g/mol. The van der Waals surface area contributed by atoms with E-state index in [1.165, 1.54) is 86.5 Å². The van der Waals surface area contributed by atoms with Crippen LogP contribution < -0.4 is 4.90 Å². The van der Waals surface area contributed by atoms with E-state index in [1.54, 1.807) is 0 Å². The number of hydrogen-bond donors (Lipinski definition) is 0. The third-order valence-corrected chi connectivity index (χ3v) is 11.4. The first-order chi connectivity index (χ1) is 25.8. The van der Waals surface area contributed by atoms with Crippen LogP contribution in [0.4, 0.5) is 17.1 Å². The summed E-state index contributed by atoms with van der Waals surface area (Å²) in [6.07, 6.45) is 0. The van der Waals surface area contributed by atoms with E-state index < -0.39 is 0 Å². The minimum absolute atomic E-state index is 1.12. The summed E-state index contributed by atoms with van der Waals surface area (Å²) in [5.74, 6) is 0. The second-order valence-corrected chi connectivity index (χ2v) is 14.4. The molecule has 0 aliphatic carbocycles. The van der Waals surface area contributed by atoms with Gasteiger partial charge in [0, 0.05) is 31.2 Å². The fourth-order valence-corrected chi connectivity index (χ4v) is 8.89. The maximum absolute atomic E-state index is 2.48. The van der Waals surface area contributed by atoms with Crippen molar-refractivity contribution in [2.45, 2.75) is 0 Å². The van der Waals surface area contributed by atoms with Crippen LogP contribution in [0.25, 0.3) is 75.1 Å². The maximum atomic E-state index is 2.48. The molecule has 0 amide bonds. The fraction of sp³-hybridized carbons (Fsp3) is 0. The van der Waals surface area contributed by atoms with Gasteiger partial charge in [0.15, 0.2) is 0 Å². The summed E-state index contributed by atoms with van der Waals surface area (Å²) in [6.45, 7) is 0. The van der Waals surface area contributed by atoms with Gasteiger partial charge >= 0.3 is 0 Å². The van der Waals surface area contributed by atoms with Crippen molar-refractivity contribution in [3.05, 3.63) is 200 Å². The summed E-state index contributed by atoms with van der Waals surface area (Å²) in [4.78, 5) is 2.48. The van der Waals surface area contributed by atoms with Crippen molar-refractivity contribution in [2.75, 3.05) is 4.90 Å². The highest BCUT2D eigenvalue weighted by molar-refractivity contribution is 7.26. The predicted molar refractivity (Wildman–Crippen MR) is 225 cm³/mol. The van der Waals surface area contributed by atoms with Gasteiger partial charge in [-0.2, -0.15) is 0 Å². The van der Waals surface area contributed by atoms with Crippen LogP contribution in [0, 0.1) is 0 Å². The molecule has 1 aromatic heterocycles. The van der Waals surface area contributed by atoms with Crippen LogP contribution in [0.3, 0.4) is 0 Å². The Hall–Kier alpha value is -6.48. The Morgan fingerprint density at radius 3 is 1.50 bits per heavy atom. The average Bonchev–Trinajstić information content (AvgIpc) is 3.61. The van der Waals surface area contributed by atoms with E-state index in [4.69, 9.17) is 0 Å². The normalized spacial score (nSPS) is 11.5. The average molecular weight is 680 g/mol. The van der Waals surface area contributed by atoms with Gasteiger partial charge in [0.1, 0.15) is 0 Å². The van der Waals surface area contributed by atoms with Gasteiger partial charge in [0.05, 0.1) is 11.4 Å². The Labute approximate surface area is 307 Å². The predicted octanol–water partition coefficient (Wildman–Crippen LogP) is 14.8. The lowest BCUT2D eigenvalue weighted by Gasteiger charge is -2.28. The van der Waals surface area contributed by atoms with Gasteiger partial charge < -0.3 is 4.90 Å². The molecule has 0 unspecified atom stereocenters. The van der Waals surface area contributed by atoms with Crippen molar-refractivity contribution in [1.82, 2.24) is 0 Å². The van der Waals surface area contributed by atoms with Crippen LogP contribution in [-0.4, -0.2) is 0 Å². The Bertz CT molecular complexity index is 2830. The number of benzene rings is 9. The zero-order valence-corrected chi connectivity index (χ0v) is 29.2. The molecule has 0 aliphatic heterocycles. The van der Waals surface area contributed by atoms with Crippen molar-refractivity contribution in [1.29, 1.82) is 0 Å². The lowest BCUT2D eigenvalue weighted by Crippen LogP contribution is -2.11. The molecule has 0 radical (unpaired) electrons. The van der Waals surface area contributed by atoms with E-state index in [1.807, 2.05) is 11.3 Å². The number of thiophene rings is 1. The summed E-state index contributed by atoms with van der Waals surface area (Å²) in [6, 6.07) is 73.0. The van der Waals surface area contributed by atoms with Gasteiger partial charge in [-0.05, 0) is 104 Å². The fourth-order valence-electron chi connectivity index (χ4n) is 7.76. The van der Waals surface area contributed by atoms with Gasteiger partial charge in [0.2, 0.25) is 0 Å². The quantitative estimate of drug-likeness (QED) is 0.158. The highest BCUT2D eigenvalue weighted by atomic mass is 32.1. The molecule has 0 atom stereocenters. The van der Waals surface area contributed by atoms with Crippen molar-refractivity contribution in [3.63, 3.8) is 0 Å². The molecule has 0 saturated heterocycles. The van der Waals surface area contributed by atoms with Crippen LogP contribution in [0.2, 0.25) is 0 Å². The van der Waals surface area contributed by atoms with Gasteiger partial charge in [0.25, 0.3) is 0 Å². The molecule has 244 valence electrons. The largest absolute Gasteiger partial charge is 0.309 e. The SMILES string of the molecule is c1ccc(-c2cc(-c3ccccc3)cc(-c3ccc(N(c4cc5ccccc5c5ccccc45)c4cccc5sc6ccccc6c45)cc3)c2)cc1. The molecule has 1 nitrogen and oxygen atoms in total. The summed E-state index contributed by atoms with van der Waals surface area (Å²) >= 11 is 1.86. The van der Waals surface area contributed by atoms with Gasteiger partial charge in [-0.25, -0.2) is 0 Å². The maximum Gasteiger partial charge on any atom is 0.0555 e. The van der Waals surface area contributed by atoms with E-state index in [2.05, 4.69) is 205 Å². The first-order valence-corrected chi connectivity index (χ1v) is 18.6. The molecule has 0 aliphatic rings. The second-order valence-electron chi connectivity index (χ2n) is 13.3. The molecule has 0 N–H and O–H groups in total. The highest BCUT2D eigenvalue weighted by Crippen LogP contribution is 2.48. The molecule has 9 aromatic carbocycles. The van der Waals surface area contributed by atoms with E-state index in [0.29, 0.717) is 0 Å². The molecule has 1 heterocycles. The molecule has 2 heteroatoms. The Balaban J connectivity index is 1.19. The zero-order valence-electron chi connectivity index (χ0n) is 28.4. The van der Waals surface area contributed by atoms with E-state index in [9.17, 15) is 0 Å². The van der Waals surface area contributed by atoms with Crippen molar-refractivity contribution >= 4 is 70.1 Å². The first kappa shape index (κ1) is 30.4. The molecular formula is C50H33NS. The summed E-state index contributed by atoms with van der Waals surface area (Å²) in [5.41, 5.74) is 10.7. The monoisotopic (exact) mass is 679 g/mol. The number of fused-ring (bicyclic) bond motifs is 6. The van der Waals surface area contributed by atoms with Crippen LogP contribution in [0.1, 0.15) is 0 Å². The smallest absolute Gasteiger partial charge is 0.0555 e. The minimum atomic E-state index is 1.12. The zero-order chi connectivity index (χ0) is 34.4. The third-order valence-electron chi connectivity index (χ3n) is 10.2. The Kier molecular flexibility index (Phi) is 7.41. The van der Waals surface area contributed by atoms with E-state index in [-0.39, 0.29) is 0 Å². The molecule has 52 heavy (non-hydrogen) atoms. The standard InChI is InChI=1S/C50H33NS/c1-3-14-34(15-4-1)38-30-39(35-16-5-2-6-17-35)32-40(31-38)36-26-28-41(29-27-36)51(46-23-13-25-49-50(46)45-22-11-12-24-48(45)52-49)47-33-37-18-7-8-19-42(37)43-20-9-10-21-44(43)47/h1-33H. The van der Waals surface area contributed by atoms with Crippen LogP contribution in [-0.2, 0) is 0 Å². The van der Waals surface area contributed by atoms with Crippen molar-refractivity contribution < 1.29 is 0 Å². The summed E-state index contributed by atoms with van der Waals surface area (Å²) < 4.78 is 2.59. The molecule has 0 saturated carbocycles. The van der Waals surface area contributed by atoms with Gasteiger partial charge in [-0.3, -0.25) is 0 Å². The summed E-state index contributed by atoms with van der Waals surface area (Å²) in [7, 11) is 0. The van der Waals surface area contributed by atoms with Crippen LogP contribution in [0.15, 0.2) is 200 Å². The second kappa shape index (κ2) is 12.7. The van der Waals surface area contributed by atoms with Crippen LogP contribution >= 0.6 is 11.3 Å². The molecule has 0 spiro atoms. The lowest BCUT2D eigenvalue weighted by molar-refractivity contribution is 1.32. The van der Waals surface area contributed by atoms with E-state index >= 15 is 0 Å². The van der Waals surface area contributed by atoms with E-state index in [0.717, 1.165) is 5.69 Å².